The molecule has 0 spiro atoms. The first-order valence-electron chi connectivity index (χ1n) is 5.83. The molecule has 17 heavy (non-hydrogen) atoms. The number of aromatic nitrogens is 3. The molecule has 2 rings (SSSR count). The van der Waals surface area contributed by atoms with Gasteiger partial charge in [0, 0.05) is 12.7 Å². The Hall–Kier alpha value is -1.91. The van der Waals surface area contributed by atoms with E-state index >= 15 is 0 Å². The molecule has 0 aliphatic rings. The first kappa shape index (κ1) is 11.6. The van der Waals surface area contributed by atoms with E-state index in [0.29, 0.717) is 5.56 Å². The number of hydrogen-bond acceptors (Lipinski definition) is 3. The molecule has 2 N–H and O–H groups in total. The van der Waals surface area contributed by atoms with Gasteiger partial charge in [-0.15, -0.1) is 0 Å². The van der Waals surface area contributed by atoms with Gasteiger partial charge in [0.05, 0.1) is 11.8 Å². The molecule has 2 aromatic heterocycles. The van der Waals surface area contributed by atoms with Gasteiger partial charge in [0.25, 0.3) is 0 Å². The Balaban J connectivity index is 2.21. The number of primary amides is 1. The number of aryl methyl sites for hydroxylation is 1. The van der Waals surface area contributed by atoms with E-state index in [-0.39, 0.29) is 0 Å². The number of unbranched alkanes of at least 4 members (excludes halogenated alkanes) is 2. The summed E-state index contributed by atoms with van der Waals surface area (Å²) in [7, 11) is 0. The Labute approximate surface area is 99.6 Å². The number of hydrogen-bond donors (Lipinski definition) is 1. The molecular weight excluding hydrogens is 216 g/mol. The summed E-state index contributed by atoms with van der Waals surface area (Å²) in [4.78, 5) is 15.2. The highest BCUT2D eigenvalue weighted by molar-refractivity contribution is 5.95. The molecule has 5 heteroatoms. The van der Waals surface area contributed by atoms with Crippen molar-refractivity contribution in [2.75, 3.05) is 0 Å². The minimum Gasteiger partial charge on any atom is -0.366 e. The van der Waals surface area contributed by atoms with Gasteiger partial charge in [-0.3, -0.25) is 14.5 Å². The largest absolute Gasteiger partial charge is 0.366 e. The van der Waals surface area contributed by atoms with E-state index in [0.717, 1.165) is 24.0 Å². The predicted molar refractivity (Wildman–Crippen MR) is 65.6 cm³/mol. The Bertz CT molecular complexity index is 532. The molecule has 0 aromatic carbocycles. The number of pyridine rings is 1. The number of nitrogens with zero attached hydrogens (tertiary/aromatic N) is 3. The molecule has 5 nitrogen and oxygen atoms in total. The number of carbonyl (C=O) groups is 1. The van der Waals surface area contributed by atoms with E-state index in [9.17, 15) is 4.79 Å². The maximum atomic E-state index is 11.0. The minimum atomic E-state index is -0.472. The lowest BCUT2D eigenvalue weighted by Crippen LogP contribution is -2.10. The van der Waals surface area contributed by atoms with Crippen LogP contribution in [-0.4, -0.2) is 20.7 Å². The normalized spacial score (nSPS) is 10.9. The van der Waals surface area contributed by atoms with Gasteiger partial charge in [0.15, 0.2) is 0 Å². The molecule has 0 aliphatic carbocycles. The third kappa shape index (κ3) is 2.61. The molecule has 0 fully saturated rings. The van der Waals surface area contributed by atoms with Crippen molar-refractivity contribution < 1.29 is 4.79 Å². The molecule has 0 saturated heterocycles. The van der Waals surface area contributed by atoms with Crippen LogP contribution in [0.3, 0.4) is 0 Å². The third-order valence-corrected chi connectivity index (χ3v) is 2.68. The zero-order chi connectivity index (χ0) is 12.3. The van der Waals surface area contributed by atoms with Gasteiger partial charge in [0.1, 0.15) is 11.0 Å². The molecule has 0 unspecified atom stereocenters. The van der Waals surface area contributed by atoms with E-state index in [2.05, 4.69) is 17.0 Å². The summed E-state index contributed by atoms with van der Waals surface area (Å²) in [5.41, 5.74) is 7.11. The molecule has 0 bridgehead atoms. The van der Waals surface area contributed by atoms with Gasteiger partial charge in [0.2, 0.25) is 5.91 Å². The quantitative estimate of drug-likeness (QED) is 0.797. The Morgan fingerprint density at radius 2 is 2.24 bits per heavy atom. The summed E-state index contributed by atoms with van der Waals surface area (Å²) < 4.78 is 1.87. The lowest BCUT2D eigenvalue weighted by atomic mass is 10.2. The first-order chi connectivity index (χ1) is 8.20. The number of carbonyl (C=O) groups excluding carboxylic acids is 1. The summed E-state index contributed by atoms with van der Waals surface area (Å²) in [6, 6.07) is 1.68. The Kier molecular flexibility index (Phi) is 3.37. The fourth-order valence-electron chi connectivity index (χ4n) is 1.72. The maximum Gasteiger partial charge on any atom is 0.250 e. The first-order valence-corrected chi connectivity index (χ1v) is 5.83. The second kappa shape index (κ2) is 4.95. The number of nitrogens with two attached hydrogens (primary N) is 1. The Morgan fingerprint density at radius 1 is 1.41 bits per heavy atom. The zero-order valence-corrected chi connectivity index (χ0v) is 9.89. The molecule has 0 atom stereocenters. The second-order valence-corrected chi connectivity index (χ2v) is 4.09. The van der Waals surface area contributed by atoms with E-state index < -0.39 is 5.91 Å². The van der Waals surface area contributed by atoms with Crippen LogP contribution in [-0.2, 0) is 6.54 Å². The summed E-state index contributed by atoms with van der Waals surface area (Å²) in [5.74, 6) is -0.472. The van der Waals surface area contributed by atoms with Gasteiger partial charge < -0.3 is 5.73 Å². The molecule has 2 aromatic rings. The summed E-state index contributed by atoms with van der Waals surface area (Å²) in [6.07, 6.45) is 6.87. The van der Waals surface area contributed by atoms with Crippen LogP contribution in [0.1, 0.15) is 36.5 Å². The van der Waals surface area contributed by atoms with Crippen LogP contribution in [0.2, 0.25) is 0 Å². The molecule has 90 valence electrons. The van der Waals surface area contributed by atoms with Crippen LogP contribution >= 0.6 is 0 Å². The van der Waals surface area contributed by atoms with Crippen molar-refractivity contribution in [1.82, 2.24) is 14.8 Å². The number of rotatable bonds is 5. The van der Waals surface area contributed by atoms with E-state index in [4.69, 9.17) is 5.73 Å². The summed E-state index contributed by atoms with van der Waals surface area (Å²) >= 11 is 0. The summed E-state index contributed by atoms with van der Waals surface area (Å²) in [6.45, 7) is 3.05. The van der Waals surface area contributed by atoms with Crippen molar-refractivity contribution in [3.05, 3.63) is 24.0 Å². The Morgan fingerprint density at radius 3 is 2.94 bits per heavy atom. The minimum absolute atomic E-state index is 0.399. The SMILES string of the molecule is CCCCCn1cc2ncc(C(N)=O)cc2n1. The highest BCUT2D eigenvalue weighted by Gasteiger charge is 2.06. The number of amides is 1. The third-order valence-electron chi connectivity index (χ3n) is 2.68. The summed E-state index contributed by atoms with van der Waals surface area (Å²) in [5, 5.41) is 4.37. The number of fused-ring (bicyclic) bond motifs is 1. The smallest absolute Gasteiger partial charge is 0.250 e. The van der Waals surface area contributed by atoms with Crippen molar-refractivity contribution in [1.29, 1.82) is 0 Å². The molecule has 0 radical (unpaired) electrons. The van der Waals surface area contributed by atoms with Gasteiger partial charge in [-0.25, -0.2) is 0 Å². The van der Waals surface area contributed by atoms with Crippen LogP contribution in [0.4, 0.5) is 0 Å². The van der Waals surface area contributed by atoms with Crippen molar-refractivity contribution in [3.63, 3.8) is 0 Å². The maximum absolute atomic E-state index is 11.0. The van der Waals surface area contributed by atoms with Crippen molar-refractivity contribution in [2.45, 2.75) is 32.7 Å². The molecular formula is C12H16N4O. The van der Waals surface area contributed by atoms with Crippen LogP contribution in [0.25, 0.3) is 11.0 Å². The molecule has 2 heterocycles. The lowest BCUT2D eigenvalue weighted by Gasteiger charge is -1.98. The van der Waals surface area contributed by atoms with Gasteiger partial charge in [-0.1, -0.05) is 19.8 Å². The van der Waals surface area contributed by atoms with Crippen molar-refractivity contribution in [2.24, 2.45) is 5.73 Å². The monoisotopic (exact) mass is 232 g/mol. The second-order valence-electron chi connectivity index (χ2n) is 4.09. The van der Waals surface area contributed by atoms with Crippen molar-refractivity contribution in [3.8, 4) is 0 Å². The van der Waals surface area contributed by atoms with Crippen molar-refractivity contribution >= 4 is 16.9 Å². The van der Waals surface area contributed by atoms with Gasteiger partial charge in [-0.2, -0.15) is 5.10 Å². The van der Waals surface area contributed by atoms with Gasteiger partial charge in [-0.05, 0) is 12.5 Å². The fourth-order valence-corrected chi connectivity index (χ4v) is 1.72. The molecule has 0 saturated carbocycles. The van der Waals surface area contributed by atoms with Crippen LogP contribution in [0.5, 0.6) is 0 Å². The van der Waals surface area contributed by atoms with Gasteiger partial charge >= 0.3 is 0 Å². The van der Waals surface area contributed by atoms with Crippen LogP contribution in [0, 0.1) is 0 Å². The predicted octanol–water partition coefficient (Wildman–Crippen LogP) is 1.72. The highest BCUT2D eigenvalue weighted by Crippen LogP contribution is 2.11. The van der Waals surface area contributed by atoms with Crippen LogP contribution in [0.15, 0.2) is 18.5 Å². The average molecular weight is 232 g/mol. The zero-order valence-electron chi connectivity index (χ0n) is 9.89. The standard InChI is InChI=1S/C12H16N4O/c1-2-3-4-5-16-8-11-10(15-16)6-9(7-14-11)12(13)17/h6-8H,2-5H2,1H3,(H2,13,17). The van der Waals surface area contributed by atoms with E-state index in [1.54, 1.807) is 6.07 Å². The average Bonchev–Trinajstić information content (AvgIpc) is 2.70. The molecule has 0 aliphatic heterocycles. The van der Waals surface area contributed by atoms with Crippen LogP contribution < -0.4 is 5.73 Å². The van der Waals surface area contributed by atoms with E-state index in [1.165, 1.54) is 19.0 Å². The highest BCUT2D eigenvalue weighted by atomic mass is 16.1. The fraction of sp³-hybridized carbons (Fsp3) is 0.417. The van der Waals surface area contributed by atoms with E-state index in [1.807, 2.05) is 10.9 Å². The topological polar surface area (TPSA) is 73.8 Å². The lowest BCUT2D eigenvalue weighted by molar-refractivity contribution is 0.1000. The molecule has 1 amide bonds.